The lowest BCUT2D eigenvalue weighted by molar-refractivity contribution is -0.123. The first kappa shape index (κ1) is 18.1. The summed E-state index contributed by atoms with van der Waals surface area (Å²) >= 11 is 3.55. The van der Waals surface area contributed by atoms with Crippen LogP contribution in [0.5, 0.6) is 0 Å². The van der Waals surface area contributed by atoms with Crippen molar-refractivity contribution in [1.29, 1.82) is 0 Å². The number of hydrogen-bond donors (Lipinski definition) is 0. The molecule has 0 N–H and O–H groups in total. The number of benzene rings is 3. The maximum atomic E-state index is 13.9. The first-order valence-corrected chi connectivity index (χ1v) is 11.1. The second-order valence-electron chi connectivity index (χ2n) is 8.80. The molecule has 0 radical (unpaired) electrons. The number of imide groups is 1. The normalized spacial score (nSPS) is 28.4. The number of aryl methyl sites for hydroxylation is 1. The number of carbonyl (C=O) groups excluding carboxylic acids is 2. The van der Waals surface area contributed by atoms with E-state index in [1.807, 2.05) is 49.4 Å². The van der Waals surface area contributed by atoms with E-state index in [1.54, 1.807) is 0 Å². The molecular weight excluding hydrogens is 438 g/mol. The van der Waals surface area contributed by atoms with E-state index in [0.717, 1.165) is 10.0 Å². The molecule has 2 bridgehead atoms. The zero-order valence-corrected chi connectivity index (χ0v) is 18.3. The maximum Gasteiger partial charge on any atom is 0.238 e. The Morgan fingerprint density at radius 2 is 1.47 bits per heavy atom. The molecule has 3 aromatic carbocycles. The minimum absolute atomic E-state index is 0.0824. The highest BCUT2D eigenvalue weighted by atomic mass is 79.9. The highest BCUT2D eigenvalue weighted by Gasteiger charge is 2.66. The molecule has 2 amide bonds. The van der Waals surface area contributed by atoms with Gasteiger partial charge in [-0.25, -0.2) is 4.90 Å². The number of nitrogens with zero attached hydrogens (tertiary/aromatic N) is 1. The zero-order valence-electron chi connectivity index (χ0n) is 16.7. The summed E-state index contributed by atoms with van der Waals surface area (Å²) in [5, 5.41) is 0. The molecule has 148 valence electrons. The Bertz CT molecular complexity index is 1220. The number of halogens is 1. The van der Waals surface area contributed by atoms with Crippen molar-refractivity contribution >= 4 is 33.4 Å². The van der Waals surface area contributed by atoms with Crippen molar-refractivity contribution in [1.82, 2.24) is 0 Å². The summed E-state index contributed by atoms with van der Waals surface area (Å²) in [7, 11) is 0. The van der Waals surface area contributed by atoms with Gasteiger partial charge in [0.15, 0.2) is 0 Å². The van der Waals surface area contributed by atoms with Crippen LogP contribution in [0.25, 0.3) is 0 Å². The predicted octanol–water partition coefficient (Wildman–Crippen LogP) is 5.33. The average Bonchev–Trinajstić information content (AvgIpc) is 3.02. The third-order valence-electron chi connectivity index (χ3n) is 7.46. The predicted molar refractivity (Wildman–Crippen MR) is 120 cm³/mol. The number of carbonyl (C=O) groups is 2. The van der Waals surface area contributed by atoms with Crippen LogP contribution in [0.4, 0.5) is 5.69 Å². The van der Waals surface area contributed by atoms with E-state index in [2.05, 4.69) is 47.1 Å². The van der Waals surface area contributed by atoms with Crippen LogP contribution in [0.3, 0.4) is 0 Å². The molecule has 1 fully saturated rings. The summed E-state index contributed by atoms with van der Waals surface area (Å²) in [4.78, 5) is 29.1. The van der Waals surface area contributed by atoms with E-state index >= 15 is 0 Å². The van der Waals surface area contributed by atoms with E-state index in [4.69, 9.17) is 0 Å². The van der Waals surface area contributed by atoms with Gasteiger partial charge in [0.1, 0.15) is 0 Å². The standard InChI is InChI=1S/C26H20BrNO2/c1-14-11-12-15(13-20(14)27)28-24(29)22-21-16-7-3-5-9-18(16)26(2,23(22)25(28)30)19-10-6-4-8-17(19)21/h3-13,21-23H,1-2H3/t21?,22-,23+,26?/m1/s1. The number of rotatable bonds is 1. The molecule has 0 spiro atoms. The van der Waals surface area contributed by atoms with Gasteiger partial charge in [0.25, 0.3) is 0 Å². The fraction of sp³-hybridized carbons (Fsp3) is 0.231. The summed E-state index contributed by atoms with van der Waals surface area (Å²) < 4.78 is 0.899. The third-order valence-corrected chi connectivity index (χ3v) is 8.31. The topological polar surface area (TPSA) is 37.4 Å². The Morgan fingerprint density at radius 1 is 0.867 bits per heavy atom. The first-order chi connectivity index (χ1) is 14.4. The van der Waals surface area contributed by atoms with E-state index in [1.165, 1.54) is 27.2 Å². The van der Waals surface area contributed by atoms with Crippen molar-refractivity contribution in [3.63, 3.8) is 0 Å². The van der Waals surface area contributed by atoms with Crippen LogP contribution in [0.1, 0.15) is 40.7 Å². The van der Waals surface area contributed by atoms with Crippen molar-refractivity contribution < 1.29 is 9.59 Å². The van der Waals surface area contributed by atoms with Gasteiger partial charge in [-0.2, -0.15) is 0 Å². The van der Waals surface area contributed by atoms with Crippen LogP contribution >= 0.6 is 15.9 Å². The molecule has 4 aliphatic rings. The monoisotopic (exact) mass is 457 g/mol. The van der Waals surface area contributed by atoms with Gasteiger partial charge in [-0.15, -0.1) is 0 Å². The lowest BCUT2D eigenvalue weighted by Gasteiger charge is -2.52. The van der Waals surface area contributed by atoms with Crippen LogP contribution in [-0.2, 0) is 15.0 Å². The van der Waals surface area contributed by atoms with Gasteiger partial charge in [-0.1, -0.05) is 77.5 Å². The molecule has 3 aromatic rings. The molecular formula is C26H20BrNO2. The van der Waals surface area contributed by atoms with E-state index in [-0.39, 0.29) is 29.6 Å². The second-order valence-corrected chi connectivity index (χ2v) is 9.66. The van der Waals surface area contributed by atoms with Crippen molar-refractivity contribution in [2.75, 3.05) is 4.90 Å². The van der Waals surface area contributed by atoms with Gasteiger partial charge in [0.05, 0.1) is 17.5 Å². The van der Waals surface area contributed by atoms with Gasteiger partial charge in [-0.3, -0.25) is 9.59 Å². The number of hydrogen-bond acceptors (Lipinski definition) is 2. The number of amides is 2. The van der Waals surface area contributed by atoms with Crippen molar-refractivity contribution in [3.8, 4) is 0 Å². The highest BCUT2D eigenvalue weighted by molar-refractivity contribution is 9.10. The SMILES string of the molecule is Cc1ccc(N2C(=O)[C@@H]3C4c5ccccc5C(C)(c5ccccc54)[C@@H]3C2=O)cc1Br. The third kappa shape index (κ3) is 2.00. The molecule has 1 aliphatic heterocycles. The smallest absolute Gasteiger partial charge is 0.238 e. The minimum Gasteiger partial charge on any atom is -0.274 e. The molecule has 2 atom stereocenters. The molecule has 3 aliphatic carbocycles. The lowest BCUT2D eigenvalue weighted by atomic mass is 9.48. The Labute approximate surface area is 183 Å². The zero-order chi connectivity index (χ0) is 20.8. The van der Waals surface area contributed by atoms with Crippen molar-refractivity contribution in [3.05, 3.63) is 99.0 Å². The minimum atomic E-state index is -0.518. The van der Waals surface area contributed by atoms with Crippen LogP contribution < -0.4 is 4.90 Å². The van der Waals surface area contributed by atoms with Gasteiger partial charge < -0.3 is 0 Å². The first-order valence-electron chi connectivity index (χ1n) is 10.3. The summed E-state index contributed by atoms with van der Waals surface area (Å²) in [5.41, 5.74) is 5.94. The summed E-state index contributed by atoms with van der Waals surface area (Å²) in [5.74, 6) is -1.01. The largest absolute Gasteiger partial charge is 0.274 e. The Kier molecular flexibility index (Phi) is 3.57. The Morgan fingerprint density at radius 3 is 2.07 bits per heavy atom. The second kappa shape index (κ2) is 5.92. The van der Waals surface area contributed by atoms with Crippen molar-refractivity contribution in [2.24, 2.45) is 11.8 Å². The Hall–Kier alpha value is -2.72. The molecule has 1 heterocycles. The Balaban J connectivity index is 1.60. The fourth-order valence-electron chi connectivity index (χ4n) is 6.13. The molecule has 30 heavy (non-hydrogen) atoms. The summed E-state index contributed by atoms with van der Waals surface area (Å²) in [6.45, 7) is 4.15. The van der Waals surface area contributed by atoms with Crippen LogP contribution in [-0.4, -0.2) is 11.8 Å². The van der Waals surface area contributed by atoms with E-state index in [9.17, 15) is 9.59 Å². The van der Waals surface area contributed by atoms with Gasteiger partial charge in [0.2, 0.25) is 11.8 Å². The van der Waals surface area contributed by atoms with Gasteiger partial charge in [-0.05, 0) is 46.9 Å². The van der Waals surface area contributed by atoms with E-state index < -0.39 is 5.41 Å². The molecule has 4 heteroatoms. The highest BCUT2D eigenvalue weighted by Crippen LogP contribution is 2.64. The lowest BCUT2D eigenvalue weighted by Crippen LogP contribution is -2.51. The van der Waals surface area contributed by atoms with Gasteiger partial charge >= 0.3 is 0 Å². The molecule has 0 aromatic heterocycles. The molecule has 1 saturated heterocycles. The van der Waals surface area contributed by atoms with Crippen LogP contribution in [0.15, 0.2) is 71.2 Å². The molecule has 0 saturated carbocycles. The molecule has 7 rings (SSSR count). The van der Waals surface area contributed by atoms with Crippen LogP contribution in [0, 0.1) is 18.8 Å². The molecule has 0 unspecified atom stereocenters. The van der Waals surface area contributed by atoms with Crippen molar-refractivity contribution in [2.45, 2.75) is 25.2 Å². The summed E-state index contributed by atoms with van der Waals surface area (Å²) in [6, 6.07) is 22.4. The van der Waals surface area contributed by atoms with E-state index in [0.29, 0.717) is 5.69 Å². The number of anilines is 1. The fourth-order valence-corrected chi connectivity index (χ4v) is 6.49. The molecule has 3 nitrogen and oxygen atoms in total. The van der Waals surface area contributed by atoms with Gasteiger partial charge in [0, 0.05) is 15.8 Å². The summed E-state index contributed by atoms with van der Waals surface area (Å²) in [6.07, 6.45) is 0. The average molecular weight is 458 g/mol. The quantitative estimate of drug-likeness (QED) is 0.463. The van der Waals surface area contributed by atoms with Crippen LogP contribution in [0.2, 0.25) is 0 Å². The maximum absolute atomic E-state index is 13.9.